The van der Waals surface area contributed by atoms with Crippen molar-refractivity contribution in [2.45, 2.75) is 19.1 Å². The molecule has 1 atom stereocenters. The molecule has 0 radical (unpaired) electrons. The van der Waals surface area contributed by atoms with Gasteiger partial charge in [-0.2, -0.15) is 0 Å². The van der Waals surface area contributed by atoms with E-state index in [0.717, 1.165) is 0 Å². The number of nitrogens with two attached hydrogens (primary N) is 1. The summed E-state index contributed by atoms with van der Waals surface area (Å²) in [6.07, 6.45) is 0.471. The Morgan fingerprint density at radius 2 is 2.08 bits per heavy atom. The minimum absolute atomic E-state index is 0. The lowest BCUT2D eigenvalue weighted by Crippen LogP contribution is -2.10. The molecule has 4 nitrogen and oxygen atoms in total. The maximum atomic E-state index is 8.68. The lowest BCUT2D eigenvalue weighted by atomic mass is 10.2. The van der Waals surface area contributed by atoms with Gasteiger partial charge in [0.2, 0.25) is 0 Å². The molecule has 5 heteroatoms. The van der Waals surface area contributed by atoms with Crippen molar-refractivity contribution in [3.63, 3.8) is 0 Å². The molecule has 4 N–H and O–H groups in total. The summed E-state index contributed by atoms with van der Waals surface area (Å²) in [5.74, 6) is 1.10. The third-order valence-corrected chi connectivity index (χ3v) is 1.64. The van der Waals surface area contributed by atoms with Crippen molar-refractivity contribution >= 4 is 12.4 Å². The van der Waals surface area contributed by atoms with Crippen molar-refractivity contribution in [3.05, 3.63) is 23.7 Å². The van der Waals surface area contributed by atoms with Gasteiger partial charge in [0.25, 0.3) is 0 Å². The Kier molecular flexibility index (Phi) is 5.73. The van der Waals surface area contributed by atoms with Gasteiger partial charge in [0.15, 0.2) is 0 Å². The first-order valence-corrected chi connectivity index (χ1v) is 3.84. The maximum absolute atomic E-state index is 8.68. The fourth-order valence-corrected chi connectivity index (χ4v) is 0.960. The summed E-state index contributed by atoms with van der Waals surface area (Å²) in [6, 6.07) is 3.11. The minimum Gasteiger partial charge on any atom is -0.462 e. The van der Waals surface area contributed by atoms with Gasteiger partial charge in [-0.25, -0.2) is 0 Å². The zero-order chi connectivity index (χ0) is 8.97. The molecule has 0 unspecified atom stereocenters. The van der Waals surface area contributed by atoms with Crippen molar-refractivity contribution in [2.75, 3.05) is 6.61 Å². The Morgan fingerprint density at radius 1 is 1.38 bits per heavy atom. The standard InChI is InChI=1S/C8H13NO3.ClH/c9-7(3-4-10)8-2-1-6(5-11)12-8;/h1-2,7,10-11H,3-5,9H2;1H/t7-;/m0./s1. The second kappa shape index (κ2) is 5.99. The minimum atomic E-state index is -0.282. The lowest BCUT2D eigenvalue weighted by Gasteiger charge is -2.04. The van der Waals surface area contributed by atoms with Gasteiger partial charge in [-0.05, 0) is 18.6 Å². The molecule has 0 saturated carbocycles. The second-order valence-corrected chi connectivity index (χ2v) is 2.58. The summed E-state index contributed by atoms with van der Waals surface area (Å²) in [5.41, 5.74) is 5.64. The average molecular weight is 208 g/mol. The normalized spacial score (nSPS) is 12.2. The number of aliphatic hydroxyl groups excluding tert-OH is 2. The van der Waals surface area contributed by atoms with Crippen LogP contribution in [0.4, 0.5) is 0 Å². The molecule has 1 heterocycles. The second-order valence-electron chi connectivity index (χ2n) is 2.58. The fraction of sp³-hybridized carbons (Fsp3) is 0.500. The number of aliphatic hydroxyl groups is 2. The third-order valence-electron chi connectivity index (χ3n) is 1.64. The molecule has 0 aliphatic rings. The Bertz CT molecular complexity index is 239. The highest BCUT2D eigenvalue weighted by atomic mass is 35.5. The van der Waals surface area contributed by atoms with Crippen LogP contribution < -0.4 is 5.73 Å². The fourth-order valence-electron chi connectivity index (χ4n) is 0.960. The highest BCUT2D eigenvalue weighted by molar-refractivity contribution is 5.85. The topological polar surface area (TPSA) is 79.6 Å². The SMILES string of the molecule is Cl.N[C@@H](CCO)c1ccc(CO)o1. The number of rotatable bonds is 4. The molecule has 1 aromatic heterocycles. The Labute approximate surface area is 82.8 Å². The molecule has 1 aromatic rings. The van der Waals surface area contributed by atoms with E-state index in [-0.39, 0.29) is 31.7 Å². The zero-order valence-electron chi connectivity index (χ0n) is 7.14. The molecule has 76 valence electrons. The van der Waals surface area contributed by atoms with Crippen LogP contribution in [0, 0.1) is 0 Å². The number of hydrogen-bond acceptors (Lipinski definition) is 4. The van der Waals surface area contributed by atoms with Gasteiger partial charge < -0.3 is 20.4 Å². The molecule has 0 spiro atoms. The smallest absolute Gasteiger partial charge is 0.129 e. The number of halogens is 1. The van der Waals surface area contributed by atoms with Crippen LogP contribution in [0.15, 0.2) is 16.5 Å². The molecule has 0 aromatic carbocycles. The van der Waals surface area contributed by atoms with E-state index in [9.17, 15) is 0 Å². The summed E-state index contributed by atoms with van der Waals surface area (Å²) in [4.78, 5) is 0. The van der Waals surface area contributed by atoms with E-state index in [2.05, 4.69) is 0 Å². The van der Waals surface area contributed by atoms with E-state index in [1.54, 1.807) is 12.1 Å². The highest BCUT2D eigenvalue weighted by Crippen LogP contribution is 2.16. The average Bonchev–Trinajstić information content (AvgIpc) is 2.52. The quantitative estimate of drug-likeness (QED) is 0.675. The summed E-state index contributed by atoms with van der Waals surface area (Å²) >= 11 is 0. The molecule has 0 bridgehead atoms. The Hall–Kier alpha value is -0.550. The van der Waals surface area contributed by atoms with Crippen LogP contribution in [-0.2, 0) is 6.61 Å². The van der Waals surface area contributed by atoms with Crippen molar-refractivity contribution < 1.29 is 14.6 Å². The monoisotopic (exact) mass is 207 g/mol. The molecule has 1 rings (SSSR count). The van der Waals surface area contributed by atoms with Crippen LogP contribution in [0.3, 0.4) is 0 Å². The van der Waals surface area contributed by atoms with E-state index in [1.807, 2.05) is 0 Å². The van der Waals surface area contributed by atoms with E-state index in [0.29, 0.717) is 17.9 Å². The van der Waals surface area contributed by atoms with Crippen LogP contribution in [0.2, 0.25) is 0 Å². The molecule has 0 saturated heterocycles. The number of furan rings is 1. The van der Waals surface area contributed by atoms with E-state index < -0.39 is 0 Å². The van der Waals surface area contributed by atoms with Crippen LogP contribution in [-0.4, -0.2) is 16.8 Å². The van der Waals surface area contributed by atoms with Gasteiger partial charge in [0, 0.05) is 6.61 Å². The van der Waals surface area contributed by atoms with Gasteiger partial charge in [-0.1, -0.05) is 0 Å². The van der Waals surface area contributed by atoms with Crippen molar-refractivity contribution in [3.8, 4) is 0 Å². The molecular weight excluding hydrogens is 194 g/mol. The number of hydrogen-bond donors (Lipinski definition) is 3. The van der Waals surface area contributed by atoms with Gasteiger partial charge in [0.05, 0.1) is 6.04 Å². The van der Waals surface area contributed by atoms with Crippen LogP contribution in [0.1, 0.15) is 24.0 Å². The molecule has 0 aliphatic carbocycles. The zero-order valence-corrected chi connectivity index (χ0v) is 7.96. The first-order chi connectivity index (χ1) is 5.77. The first kappa shape index (κ1) is 12.4. The predicted molar refractivity (Wildman–Crippen MR) is 50.5 cm³/mol. The highest BCUT2D eigenvalue weighted by Gasteiger charge is 2.09. The Morgan fingerprint density at radius 3 is 2.54 bits per heavy atom. The first-order valence-electron chi connectivity index (χ1n) is 3.84. The van der Waals surface area contributed by atoms with Crippen LogP contribution >= 0.6 is 12.4 Å². The van der Waals surface area contributed by atoms with Crippen LogP contribution in [0.5, 0.6) is 0 Å². The van der Waals surface area contributed by atoms with Crippen molar-refractivity contribution in [1.29, 1.82) is 0 Å². The molecule has 0 amide bonds. The summed E-state index contributed by atoms with van der Waals surface area (Å²) in [7, 11) is 0. The predicted octanol–water partition coefficient (Wildman–Crippen LogP) is 0.576. The lowest BCUT2D eigenvalue weighted by molar-refractivity contribution is 0.235. The van der Waals surface area contributed by atoms with Gasteiger partial charge in [0.1, 0.15) is 18.1 Å². The van der Waals surface area contributed by atoms with Crippen molar-refractivity contribution in [2.24, 2.45) is 5.73 Å². The van der Waals surface area contributed by atoms with Gasteiger partial charge in [-0.15, -0.1) is 12.4 Å². The maximum Gasteiger partial charge on any atom is 0.129 e. The molecule has 0 aliphatic heterocycles. The summed E-state index contributed by atoms with van der Waals surface area (Å²) in [6.45, 7) is -0.0812. The summed E-state index contributed by atoms with van der Waals surface area (Å²) in [5, 5.41) is 17.3. The largest absolute Gasteiger partial charge is 0.462 e. The van der Waals surface area contributed by atoms with Gasteiger partial charge in [-0.3, -0.25) is 0 Å². The van der Waals surface area contributed by atoms with Crippen LogP contribution in [0.25, 0.3) is 0 Å². The Balaban J connectivity index is 0.00000144. The van der Waals surface area contributed by atoms with E-state index in [4.69, 9.17) is 20.4 Å². The van der Waals surface area contributed by atoms with E-state index in [1.165, 1.54) is 0 Å². The molecular formula is C8H14ClNO3. The van der Waals surface area contributed by atoms with Crippen molar-refractivity contribution in [1.82, 2.24) is 0 Å². The molecule has 0 fully saturated rings. The van der Waals surface area contributed by atoms with Gasteiger partial charge >= 0.3 is 0 Å². The summed E-state index contributed by atoms with van der Waals surface area (Å²) < 4.78 is 5.16. The molecule has 13 heavy (non-hydrogen) atoms. The van der Waals surface area contributed by atoms with E-state index >= 15 is 0 Å². The third kappa shape index (κ3) is 3.36.